The topological polar surface area (TPSA) is 63.1 Å². The van der Waals surface area contributed by atoms with Crippen molar-refractivity contribution < 1.29 is 0 Å². The van der Waals surface area contributed by atoms with E-state index in [9.17, 15) is 0 Å². The molecule has 8 aromatic rings. The van der Waals surface area contributed by atoms with Gasteiger partial charge < -0.3 is 5.32 Å². The average molecular weight is 698 g/mol. The molecule has 0 saturated carbocycles. The van der Waals surface area contributed by atoms with Crippen LogP contribution < -0.4 is 5.32 Å². The lowest BCUT2D eigenvalue weighted by molar-refractivity contribution is 0.472. The molecule has 0 spiro atoms. The van der Waals surface area contributed by atoms with Crippen LogP contribution in [-0.4, -0.2) is 20.7 Å². The molecule has 5 aromatic carbocycles. The number of allylic oxidation sites excluding steroid dienone is 1. The Balaban J connectivity index is 1.30. The second-order valence-electron chi connectivity index (χ2n) is 13.9. The summed E-state index contributed by atoms with van der Waals surface area (Å²) in [6, 6.07) is 53.3. The first-order chi connectivity index (χ1) is 26.6. The maximum Gasteiger partial charge on any atom is 0.0891 e. The van der Waals surface area contributed by atoms with Gasteiger partial charge in [-0.25, -0.2) is 4.98 Å². The van der Waals surface area contributed by atoms with Crippen molar-refractivity contribution in [1.82, 2.24) is 20.3 Å². The molecule has 9 rings (SSSR count). The summed E-state index contributed by atoms with van der Waals surface area (Å²) < 4.78 is 0. The molecule has 0 amide bonds. The van der Waals surface area contributed by atoms with Crippen LogP contribution in [0.15, 0.2) is 181 Å². The number of nitrogens with zero attached hydrogens (tertiary/aromatic N) is 4. The Morgan fingerprint density at radius 1 is 0.574 bits per heavy atom. The molecule has 0 fully saturated rings. The van der Waals surface area contributed by atoms with Gasteiger partial charge in [0.15, 0.2) is 0 Å². The van der Waals surface area contributed by atoms with Gasteiger partial charge in [0.25, 0.3) is 0 Å². The molecule has 1 aliphatic rings. The van der Waals surface area contributed by atoms with E-state index in [0.717, 1.165) is 84.6 Å². The number of aromatic nitrogens is 3. The van der Waals surface area contributed by atoms with E-state index in [1.165, 1.54) is 10.9 Å². The third kappa shape index (κ3) is 6.24. The van der Waals surface area contributed by atoms with Gasteiger partial charge in [-0.05, 0) is 66.3 Å². The molecule has 5 nitrogen and oxygen atoms in total. The van der Waals surface area contributed by atoms with Crippen molar-refractivity contribution in [2.24, 2.45) is 10.9 Å². The first-order valence-electron chi connectivity index (χ1n) is 18.6. The molecule has 1 aliphatic heterocycles. The van der Waals surface area contributed by atoms with Crippen LogP contribution in [0.3, 0.4) is 0 Å². The Morgan fingerprint density at radius 3 is 1.98 bits per heavy atom. The van der Waals surface area contributed by atoms with Crippen LogP contribution in [0.2, 0.25) is 0 Å². The minimum Gasteiger partial charge on any atom is -0.379 e. The summed E-state index contributed by atoms with van der Waals surface area (Å²) in [6.07, 6.45) is 6.49. The van der Waals surface area contributed by atoms with Crippen LogP contribution in [-0.2, 0) is 0 Å². The highest BCUT2D eigenvalue weighted by Crippen LogP contribution is 2.39. The van der Waals surface area contributed by atoms with Gasteiger partial charge in [-0.1, -0.05) is 122 Å². The molecular weight excluding hydrogens is 659 g/mol. The van der Waals surface area contributed by atoms with Crippen molar-refractivity contribution in [2.75, 3.05) is 0 Å². The Hall–Kier alpha value is -6.72. The van der Waals surface area contributed by atoms with E-state index < -0.39 is 0 Å². The van der Waals surface area contributed by atoms with Crippen molar-refractivity contribution >= 4 is 33.1 Å². The highest BCUT2D eigenvalue weighted by atomic mass is 15.0. The van der Waals surface area contributed by atoms with Gasteiger partial charge in [0.05, 0.1) is 34.4 Å². The van der Waals surface area contributed by atoms with Crippen LogP contribution in [0.5, 0.6) is 0 Å². The minimum absolute atomic E-state index is 0.0137. The van der Waals surface area contributed by atoms with Crippen LogP contribution in [0.4, 0.5) is 0 Å². The zero-order chi connectivity index (χ0) is 36.4. The minimum atomic E-state index is 0.0137. The molecule has 0 bridgehead atoms. The highest BCUT2D eigenvalue weighted by Gasteiger charge is 2.32. The summed E-state index contributed by atoms with van der Waals surface area (Å²) in [5.41, 5.74) is 13.3. The largest absolute Gasteiger partial charge is 0.379 e. The molecule has 54 heavy (non-hydrogen) atoms. The molecule has 5 heteroatoms. The van der Waals surface area contributed by atoms with E-state index in [1.807, 2.05) is 18.5 Å². The third-order valence-corrected chi connectivity index (χ3v) is 10.5. The molecular formula is C49H39N5. The van der Waals surface area contributed by atoms with Gasteiger partial charge in [-0.15, -0.1) is 0 Å². The van der Waals surface area contributed by atoms with E-state index in [2.05, 4.69) is 170 Å². The Morgan fingerprint density at radius 2 is 1.24 bits per heavy atom. The number of para-hydroxylation sites is 1. The molecule has 4 heterocycles. The smallest absolute Gasteiger partial charge is 0.0891 e. The van der Waals surface area contributed by atoms with Crippen molar-refractivity contribution in [3.05, 3.63) is 193 Å². The van der Waals surface area contributed by atoms with Gasteiger partial charge in [0.2, 0.25) is 0 Å². The monoisotopic (exact) mass is 697 g/mol. The van der Waals surface area contributed by atoms with Crippen LogP contribution >= 0.6 is 0 Å². The number of hydrogen-bond acceptors (Lipinski definition) is 5. The fraction of sp³-hybridized carbons (Fsp3) is 0.102. The number of benzene rings is 5. The maximum absolute atomic E-state index is 5.65. The summed E-state index contributed by atoms with van der Waals surface area (Å²) >= 11 is 0. The number of hydrogen-bond donors (Lipinski definition) is 1. The van der Waals surface area contributed by atoms with E-state index >= 15 is 0 Å². The van der Waals surface area contributed by atoms with Crippen molar-refractivity contribution in [1.29, 1.82) is 0 Å². The molecule has 2 unspecified atom stereocenters. The van der Waals surface area contributed by atoms with Gasteiger partial charge in [0.1, 0.15) is 0 Å². The number of pyridine rings is 3. The van der Waals surface area contributed by atoms with Crippen LogP contribution in [0.25, 0.3) is 61.0 Å². The summed E-state index contributed by atoms with van der Waals surface area (Å²) in [5.74, 6) is 0.0638. The molecule has 0 aliphatic carbocycles. The van der Waals surface area contributed by atoms with E-state index in [0.29, 0.717) is 0 Å². The summed E-state index contributed by atoms with van der Waals surface area (Å²) in [5, 5.41) is 7.37. The van der Waals surface area contributed by atoms with Gasteiger partial charge >= 0.3 is 0 Å². The molecule has 260 valence electrons. The molecule has 3 aromatic heterocycles. The first-order valence-corrected chi connectivity index (χ1v) is 18.6. The average Bonchev–Trinajstić information content (AvgIpc) is 3.40. The van der Waals surface area contributed by atoms with Gasteiger partial charge in [0, 0.05) is 68.8 Å². The first kappa shape index (κ1) is 33.1. The lowest BCUT2D eigenvalue weighted by Crippen LogP contribution is -2.31. The third-order valence-electron chi connectivity index (χ3n) is 10.5. The summed E-state index contributed by atoms with van der Waals surface area (Å²) in [7, 11) is 0. The zero-order valence-corrected chi connectivity index (χ0v) is 30.3. The predicted octanol–water partition coefficient (Wildman–Crippen LogP) is 11.7. The second-order valence-corrected chi connectivity index (χ2v) is 13.9. The lowest BCUT2D eigenvalue weighted by atomic mass is 9.83. The molecule has 1 N–H and O–H groups in total. The van der Waals surface area contributed by atoms with Crippen LogP contribution in [0.1, 0.15) is 43.0 Å². The number of rotatable bonds is 7. The fourth-order valence-corrected chi connectivity index (χ4v) is 7.86. The summed E-state index contributed by atoms with van der Waals surface area (Å²) in [4.78, 5) is 20.4. The Labute approximate surface area is 315 Å². The predicted molar refractivity (Wildman–Crippen MR) is 223 cm³/mol. The second kappa shape index (κ2) is 14.4. The Kier molecular flexibility index (Phi) is 8.81. The number of fused-ring (bicyclic) bond motifs is 3. The standard InChI is InChI=1S/C49H39N5/c1-3-40-47(34-17-8-5-9-18-34)52-32(2)46(33-15-6-4-7-16-33)54-48(40)38-27-37(44-25-24-36(31-51-44)35-19-14-26-50-30-35)28-39(29-38)49-43-22-11-10-20-41(43)42-21-12-13-23-45(42)53-49/h4-31,40,47,52H,3H2,1-2H3. The molecule has 0 saturated heterocycles. The van der Waals surface area contributed by atoms with E-state index in [1.54, 1.807) is 6.20 Å². The van der Waals surface area contributed by atoms with Crippen molar-refractivity contribution in [3.63, 3.8) is 0 Å². The summed E-state index contributed by atoms with van der Waals surface area (Å²) in [6.45, 7) is 4.42. The van der Waals surface area contributed by atoms with Gasteiger partial charge in [-0.2, -0.15) is 0 Å². The van der Waals surface area contributed by atoms with Crippen molar-refractivity contribution in [2.45, 2.75) is 26.3 Å². The number of nitrogens with one attached hydrogen (secondary N) is 1. The SMILES string of the molecule is CCC1C(c2cc(-c3ccc(-c4cccnc4)cn3)cc(-c3nc4ccccc4c4ccccc34)c2)=NC(c2ccccc2)=C(C)NC1c1ccccc1. The molecule has 2 atom stereocenters. The molecule has 0 radical (unpaired) electrons. The lowest BCUT2D eigenvalue weighted by Gasteiger charge is -2.28. The van der Waals surface area contributed by atoms with E-state index in [4.69, 9.17) is 15.0 Å². The zero-order valence-electron chi connectivity index (χ0n) is 30.3. The maximum atomic E-state index is 5.65. The normalized spacial score (nSPS) is 15.9. The highest BCUT2D eigenvalue weighted by molar-refractivity contribution is 6.12. The van der Waals surface area contributed by atoms with E-state index in [-0.39, 0.29) is 12.0 Å². The fourth-order valence-electron chi connectivity index (χ4n) is 7.86. The number of aliphatic imine (C=N–C) groups is 1. The van der Waals surface area contributed by atoms with Crippen LogP contribution in [0, 0.1) is 5.92 Å². The Bertz CT molecular complexity index is 2670. The quantitative estimate of drug-likeness (QED) is 0.168. The van der Waals surface area contributed by atoms with Gasteiger partial charge in [-0.3, -0.25) is 15.0 Å². The van der Waals surface area contributed by atoms with Crippen molar-refractivity contribution in [3.8, 4) is 33.6 Å².